The molecule has 8 heteroatoms. The molecular formula is C22H34N2O6. The van der Waals surface area contributed by atoms with E-state index in [0.29, 0.717) is 0 Å². The number of carboxylic acids is 2. The van der Waals surface area contributed by atoms with E-state index in [-0.39, 0.29) is 0 Å². The van der Waals surface area contributed by atoms with Gasteiger partial charge in [-0.3, -0.25) is 9.80 Å². The van der Waals surface area contributed by atoms with Crippen LogP contribution in [0.15, 0.2) is 18.2 Å². The molecule has 1 aliphatic heterocycles. The van der Waals surface area contributed by atoms with Gasteiger partial charge in [0, 0.05) is 44.3 Å². The number of nitrogens with zero attached hydrogens (tertiary/aromatic N) is 2. The molecule has 0 aromatic heterocycles. The number of para-hydroxylation sites is 1. The van der Waals surface area contributed by atoms with Gasteiger partial charge in [0.2, 0.25) is 0 Å². The number of ether oxygens (including phenoxy) is 2. The van der Waals surface area contributed by atoms with Crippen LogP contribution in [0.2, 0.25) is 0 Å². The van der Waals surface area contributed by atoms with Gasteiger partial charge in [-0.05, 0) is 24.8 Å². The van der Waals surface area contributed by atoms with E-state index in [9.17, 15) is 0 Å². The zero-order chi connectivity index (χ0) is 22.1. The first-order valence-electron chi connectivity index (χ1n) is 10.5. The summed E-state index contributed by atoms with van der Waals surface area (Å²) in [5.74, 6) is -1.04. The van der Waals surface area contributed by atoms with Gasteiger partial charge in [-0.1, -0.05) is 31.9 Å². The average Bonchev–Trinajstić information content (AvgIpc) is 2.74. The van der Waals surface area contributed by atoms with Crippen LogP contribution < -0.4 is 9.47 Å². The molecule has 30 heavy (non-hydrogen) atoms. The van der Waals surface area contributed by atoms with Crippen LogP contribution in [-0.2, 0) is 16.1 Å². The van der Waals surface area contributed by atoms with Crippen LogP contribution in [0.1, 0.15) is 38.2 Å². The van der Waals surface area contributed by atoms with Crippen LogP contribution >= 0.6 is 0 Å². The number of benzene rings is 1. The molecule has 1 aliphatic carbocycles. The van der Waals surface area contributed by atoms with Crippen molar-refractivity contribution in [3.63, 3.8) is 0 Å². The maximum absolute atomic E-state index is 9.10. The molecule has 2 fully saturated rings. The molecule has 0 radical (unpaired) electrons. The molecule has 168 valence electrons. The lowest BCUT2D eigenvalue weighted by Gasteiger charge is -2.42. The third-order valence-electron chi connectivity index (χ3n) is 5.89. The fourth-order valence-corrected chi connectivity index (χ4v) is 4.34. The fraction of sp³-hybridized carbons (Fsp3) is 0.636. The molecule has 2 atom stereocenters. The monoisotopic (exact) mass is 422 g/mol. The predicted molar refractivity (Wildman–Crippen MR) is 113 cm³/mol. The summed E-state index contributed by atoms with van der Waals surface area (Å²) in [6.07, 6.45) is 5.62. The summed E-state index contributed by atoms with van der Waals surface area (Å²) in [7, 11) is 3.43. The zero-order valence-corrected chi connectivity index (χ0v) is 18.2. The molecule has 1 saturated carbocycles. The summed E-state index contributed by atoms with van der Waals surface area (Å²) in [5.41, 5.74) is 1.22. The highest BCUT2D eigenvalue weighted by atomic mass is 16.5. The smallest absolute Gasteiger partial charge is 0.414 e. The molecular weight excluding hydrogens is 388 g/mol. The Morgan fingerprint density at radius 1 is 1.03 bits per heavy atom. The van der Waals surface area contributed by atoms with Crippen LogP contribution in [0.25, 0.3) is 0 Å². The number of aliphatic carboxylic acids is 2. The van der Waals surface area contributed by atoms with E-state index in [1.54, 1.807) is 14.2 Å². The van der Waals surface area contributed by atoms with Gasteiger partial charge in [0.15, 0.2) is 11.5 Å². The molecule has 2 N–H and O–H groups in total. The number of methoxy groups -OCH3 is 2. The fourth-order valence-electron chi connectivity index (χ4n) is 4.34. The first kappa shape index (κ1) is 24.0. The Hall–Kier alpha value is -2.32. The van der Waals surface area contributed by atoms with Crippen molar-refractivity contribution < 1.29 is 29.3 Å². The Labute approximate surface area is 178 Å². The third kappa shape index (κ3) is 6.88. The van der Waals surface area contributed by atoms with Gasteiger partial charge in [-0.15, -0.1) is 0 Å². The highest BCUT2D eigenvalue weighted by Gasteiger charge is 2.27. The van der Waals surface area contributed by atoms with Crippen molar-refractivity contribution in [2.24, 2.45) is 5.92 Å². The summed E-state index contributed by atoms with van der Waals surface area (Å²) in [4.78, 5) is 23.5. The molecule has 1 heterocycles. The minimum absolute atomic E-state index is 0.822. The maximum atomic E-state index is 9.10. The number of carboxylic acid groups (broad SMARTS) is 2. The number of piperazine rings is 1. The maximum Gasteiger partial charge on any atom is 0.414 e. The quantitative estimate of drug-likeness (QED) is 0.699. The minimum atomic E-state index is -1.82. The van der Waals surface area contributed by atoms with E-state index < -0.39 is 11.9 Å². The Balaban J connectivity index is 0.000000469. The van der Waals surface area contributed by atoms with E-state index in [1.807, 2.05) is 6.07 Å². The third-order valence-corrected chi connectivity index (χ3v) is 5.89. The van der Waals surface area contributed by atoms with Crippen LogP contribution in [0.5, 0.6) is 11.5 Å². The van der Waals surface area contributed by atoms with Crippen LogP contribution in [0, 0.1) is 5.92 Å². The molecule has 2 aliphatic rings. The van der Waals surface area contributed by atoms with Gasteiger partial charge in [0.25, 0.3) is 0 Å². The topological polar surface area (TPSA) is 99.5 Å². The summed E-state index contributed by atoms with van der Waals surface area (Å²) in [6, 6.07) is 6.99. The van der Waals surface area contributed by atoms with Gasteiger partial charge in [0.1, 0.15) is 0 Å². The lowest BCUT2D eigenvalue weighted by molar-refractivity contribution is -0.159. The summed E-state index contributed by atoms with van der Waals surface area (Å²) in [6.45, 7) is 8.04. The highest BCUT2D eigenvalue weighted by Crippen LogP contribution is 2.32. The second kappa shape index (κ2) is 11.8. The van der Waals surface area contributed by atoms with E-state index in [1.165, 1.54) is 44.3 Å². The minimum Gasteiger partial charge on any atom is -0.493 e. The Bertz CT molecular complexity index is 691. The average molecular weight is 423 g/mol. The Kier molecular flexibility index (Phi) is 9.39. The lowest BCUT2D eigenvalue weighted by atomic mass is 9.86. The molecule has 1 saturated heterocycles. The number of rotatable bonds is 5. The van der Waals surface area contributed by atoms with Crippen molar-refractivity contribution in [1.82, 2.24) is 9.80 Å². The highest BCUT2D eigenvalue weighted by molar-refractivity contribution is 6.27. The standard InChI is InChI=1S/C20H32N2O2.C2H2O4/c1-16-6-4-8-18(14-16)22-12-10-21(11-13-22)15-17-7-5-9-19(23-2)20(17)24-3;3-1(4)2(5)6/h5,7,9,16,18H,4,6,8,10-15H2,1-3H3;(H,3,4)(H,5,6). The summed E-state index contributed by atoms with van der Waals surface area (Å²) >= 11 is 0. The van der Waals surface area contributed by atoms with Gasteiger partial charge >= 0.3 is 11.9 Å². The SMILES string of the molecule is COc1cccc(CN2CCN(C3CCCC(C)C3)CC2)c1OC.O=C(O)C(=O)O. The number of hydrogen-bond acceptors (Lipinski definition) is 6. The number of hydrogen-bond donors (Lipinski definition) is 2. The molecule has 0 amide bonds. The van der Waals surface area contributed by atoms with Crippen LogP contribution in [0.4, 0.5) is 0 Å². The first-order chi connectivity index (χ1) is 14.3. The summed E-state index contributed by atoms with van der Waals surface area (Å²) in [5, 5.41) is 14.8. The Morgan fingerprint density at radius 3 is 2.23 bits per heavy atom. The van der Waals surface area contributed by atoms with E-state index in [2.05, 4.69) is 28.9 Å². The van der Waals surface area contributed by atoms with Crippen LogP contribution in [-0.4, -0.2) is 78.4 Å². The molecule has 0 bridgehead atoms. The number of carbonyl (C=O) groups is 2. The molecule has 1 aromatic rings. The van der Waals surface area contributed by atoms with Crippen LogP contribution in [0.3, 0.4) is 0 Å². The van der Waals surface area contributed by atoms with Crippen molar-refractivity contribution in [2.45, 2.75) is 45.2 Å². The van der Waals surface area contributed by atoms with Crippen molar-refractivity contribution >= 4 is 11.9 Å². The second-order valence-electron chi connectivity index (χ2n) is 8.00. The summed E-state index contributed by atoms with van der Waals surface area (Å²) < 4.78 is 11.0. The lowest BCUT2D eigenvalue weighted by Crippen LogP contribution is -2.50. The van der Waals surface area contributed by atoms with Gasteiger partial charge in [-0.2, -0.15) is 0 Å². The first-order valence-corrected chi connectivity index (χ1v) is 10.5. The van der Waals surface area contributed by atoms with Crippen molar-refractivity contribution in [1.29, 1.82) is 0 Å². The van der Waals surface area contributed by atoms with Gasteiger partial charge < -0.3 is 19.7 Å². The van der Waals surface area contributed by atoms with E-state index in [4.69, 9.17) is 29.3 Å². The molecule has 8 nitrogen and oxygen atoms in total. The second-order valence-corrected chi connectivity index (χ2v) is 8.00. The van der Waals surface area contributed by atoms with Crippen molar-refractivity contribution in [3.05, 3.63) is 23.8 Å². The zero-order valence-electron chi connectivity index (χ0n) is 18.2. The molecule has 2 unspecified atom stereocenters. The largest absolute Gasteiger partial charge is 0.493 e. The van der Waals surface area contributed by atoms with E-state index in [0.717, 1.165) is 43.1 Å². The molecule has 1 aromatic carbocycles. The molecule has 3 rings (SSSR count). The normalized spacial score (nSPS) is 22.5. The van der Waals surface area contributed by atoms with Crippen molar-refractivity contribution in [3.8, 4) is 11.5 Å². The van der Waals surface area contributed by atoms with Crippen molar-refractivity contribution in [2.75, 3.05) is 40.4 Å². The Morgan fingerprint density at radius 2 is 1.70 bits per heavy atom. The molecule has 0 spiro atoms. The van der Waals surface area contributed by atoms with Gasteiger partial charge in [-0.25, -0.2) is 9.59 Å². The predicted octanol–water partition coefficient (Wildman–Crippen LogP) is 2.56. The van der Waals surface area contributed by atoms with Gasteiger partial charge in [0.05, 0.1) is 14.2 Å². The van der Waals surface area contributed by atoms with E-state index >= 15 is 0 Å².